The highest BCUT2D eigenvalue weighted by atomic mass is 19.1. The maximum Gasteiger partial charge on any atom is 0.257 e. The van der Waals surface area contributed by atoms with E-state index in [9.17, 15) is 9.18 Å². The summed E-state index contributed by atoms with van der Waals surface area (Å²) < 4.78 is 13.1. The third-order valence-electron chi connectivity index (χ3n) is 3.96. The maximum absolute atomic E-state index is 13.1. The minimum absolute atomic E-state index is 0.0932. The molecule has 0 unspecified atom stereocenters. The number of nitrogens with one attached hydrogen (secondary N) is 2. The number of hydrogen-bond donors (Lipinski definition) is 3. The monoisotopic (exact) mass is 341 g/mol. The summed E-state index contributed by atoms with van der Waals surface area (Å²) in [5.41, 5.74) is 6.86. The van der Waals surface area contributed by atoms with Gasteiger partial charge in [0.15, 0.2) is 0 Å². The Labute approximate surface area is 144 Å². The minimum atomic E-state index is -0.352. The van der Waals surface area contributed by atoms with Crippen molar-refractivity contribution in [3.8, 4) is 11.1 Å². The number of fused-ring (bicyclic) bond motifs is 1. The van der Waals surface area contributed by atoms with E-state index in [4.69, 9.17) is 5.73 Å². The van der Waals surface area contributed by atoms with E-state index in [1.54, 1.807) is 18.2 Å². The highest BCUT2D eigenvalue weighted by Crippen LogP contribution is 2.24. The Morgan fingerprint density at radius 3 is 2.68 bits per heavy atom. The van der Waals surface area contributed by atoms with E-state index in [1.807, 2.05) is 0 Å². The normalized spacial score (nSPS) is 11.0. The van der Waals surface area contributed by atoms with Crippen LogP contribution in [0.25, 0.3) is 22.2 Å². The number of rotatable bonds is 6. The molecule has 0 spiro atoms. The minimum Gasteiger partial charge on any atom is -0.369 e. The van der Waals surface area contributed by atoms with Gasteiger partial charge in [0.2, 0.25) is 5.95 Å². The molecule has 0 atom stereocenters. The van der Waals surface area contributed by atoms with E-state index in [0.29, 0.717) is 28.0 Å². The van der Waals surface area contributed by atoms with Crippen molar-refractivity contribution in [2.24, 2.45) is 0 Å². The van der Waals surface area contributed by atoms with Gasteiger partial charge < -0.3 is 16.0 Å². The van der Waals surface area contributed by atoms with Crippen LogP contribution < -0.4 is 16.6 Å². The molecule has 0 aliphatic rings. The summed E-state index contributed by atoms with van der Waals surface area (Å²) in [7, 11) is 0. The van der Waals surface area contributed by atoms with Crippen LogP contribution in [0, 0.1) is 5.82 Å². The molecule has 4 N–H and O–H groups in total. The number of hydrogen-bond acceptors (Lipinski definition) is 5. The van der Waals surface area contributed by atoms with E-state index >= 15 is 0 Å². The Balaban J connectivity index is 2.05. The van der Waals surface area contributed by atoms with E-state index < -0.39 is 0 Å². The lowest BCUT2D eigenvalue weighted by Crippen LogP contribution is -2.13. The molecule has 0 amide bonds. The zero-order valence-electron chi connectivity index (χ0n) is 14.0. The number of nitrogens with two attached hydrogens (primary N) is 1. The first-order valence-corrected chi connectivity index (χ1v) is 8.29. The molecule has 0 aliphatic heterocycles. The number of H-pyrrole nitrogens is 1. The van der Waals surface area contributed by atoms with Gasteiger partial charge in [0, 0.05) is 12.1 Å². The quantitative estimate of drug-likeness (QED) is 0.598. The van der Waals surface area contributed by atoms with Crippen LogP contribution in [-0.2, 0) is 0 Å². The lowest BCUT2D eigenvalue weighted by molar-refractivity contribution is 0.628. The largest absolute Gasteiger partial charge is 0.369 e. The summed E-state index contributed by atoms with van der Waals surface area (Å²) >= 11 is 0. The first kappa shape index (κ1) is 16.9. The second-order valence-electron chi connectivity index (χ2n) is 5.85. The van der Waals surface area contributed by atoms with Crippen LogP contribution in [0.5, 0.6) is 0 Å². The van der Waals surface area contributed by atoms with Gasteiger partial charge in [-0.2, -0.15) is 9.97 Å². The molecule has 0 saturated heterocycles. The number of unbranched alkanes of at least 4 members (excludes halogenated alkanes) is 2. The number of nitrogen functional groups attached to an aromatic ring is 1. The number of anilines is 2. The lowest BCUT2D eigenvalue weighted by Gasteiger charge is -2.10. The van der Waals surface area contributed by atoms with Gasteiger partial charge in [0.05, 0.1) is 5.39 Å². The Bertz CT molecular complexity index is 937. The van der Waals surface area contributed by atoms with Gasteiger partial charge in [-0.25, -0.2) is 4.39 Å². The Kier molecular flexibility index (Phi) is 4.92. The molecule has 0 aliphatic carbocycles. The molecule has 2 heterocycles. The van der Waals surface area contributed by atoms with Crippen molar-refractivity contribution in [3.63, 3.8) is 0 Å². The highest BCUT2D eigenvalue weighted by molar-refractivity contribution is 5.90. The second-order valence-corrected chi connectivity index (χ2v) is 5.85. The highest BCUT2D eigenvalue weighted by Gasteiger charge is 2.12. The summed E-state index contributed by atoms with van der Waals surface area (Å²) in [6, 6.07) is 7.49. The Hall–Kier alpha value is -2.96. The zero-order valence-corrected chi connectivity index (χ0v) is 14.0. The number of pyridine rings is 1. The number of aromatic amines is 1. The fourth-order valence-electron chi connectivity index (χ4n) is 2.66. The molecule has 0 bridgehead atoms. The molecule has 0 fully saturated rings. The fraction of sp³-hybridized carbons (Fsp3) is 0.278. The molecular formula is C18H20FN5O. The van der Waals surface area contributed by atoms with Crippen LogP contribution in [0.15, 0.2) is 35.1 Å². The SMILES string of the molecule is CCCCCNc1nc(N)nc2[nH]c(=O)c(-c3ccc(F)cc3)cc12. The van der Waals surface area contributed by atoms with E-state index in [2.05, 4.69) is 27.2 Å². The number of aromatic nitrogens is 3. The van der Waals surface area contributed by atoms with Gasteiger partial charge in [-0.05, 0) is 30.2 Å². The molecule has 3 aromatic rings. The topological polar surface area (TPSA) is 96.7 Å². The molecule has 1 aromatic carbocycles. The van der Waals surface area contributed by atoms with Crippen LogP contribution in [0.2, 0.25) is 0 Å². The van der Waals surface area contributed by atoms with Gasteiger partial charge in [-0.15, -0.1) is 0 Å². The van der Waals surface area contributed by atoms with Crippen molar-refractivity contribution in [2.75, 3.05) is 17.6 Å². The van der Waals surface area contributed by atoms with Gasteiger partial charge in [-0.1, -0.05) is 31.9 Å². The maximum atomic E-state index is 13.1. The van der Waals surface area contributed by atoms with Gasteiger partial charge in [0.25, 0.3) is 5.56 Å². The molecule has 0 saturated carbocycles. The third kappa shape index (κ3) is 3.76. The Morgan fingerprint density at radius 1 is 1.20 bits per heavy atom. The van der Waals surface area contributed by atoms with E-state index in [0.717, 1.165) is 25.8 Å². The summed E-state index contributed by atoms with van der Waals surface area (Å²) in [5, 5.41) is 3.93. The number of halogens is 1. The smallest absolute Gasteiger partial charge is 0.257 e. The van der Waals surface area contributed by atoms with Gasteiger partial charge in [0.1, 0.15) is 17.3 Å². The van der Waals surface area contributed by atoms with Crippen LogP contribution in [-0.4, -0.2) is 21.5 Å². The Morgan fingerprint density at radius 2 is 1.96 bits per heavy atom. The average Bonchev–Trinajstić information content (AvgIpc) is 2.59. The van der Waals surface area contributed by atoms with Crippen LogP contribution in [0.4, 0.5) is 16.2 Å². The van der Waals surface area contributed by atoms with Crippen molar-refractivity contribution in [1.82, 2.24) is 15.0 Å². The van der Waals surface area contributed by atoms with Gasteiger partial charge in [-0.3, -0.25) is 4.79 Å². The molecular weight excluding hydrogens is 321 g/mol. The summed E-state index contributed by atoms with van der Waals surface area (Å²) in [4.78, 5) is 23.5. The second kappa shape index (κ2) is 7.29. The van der Waals surface area contributed by atoms with Crippen LogP contribution >= 0.6 is 0 Å². The first-order chi connectivity index (χ1) is 12.1. The van der Waals surface area contributed by atoms with Crippen molar-refractivity contribution in [2.45, 2.75) is 26.2 Å². The average molecular weight is 341 g/mol. The summed E-state index contributed by atoms with van der Waals surface area (Å²) in [5.74, 6) is 0.323. The summed E-state index contributed by atoms with van der Waals surface area (Å²) in [6.45, 7) is 2.89. The standard InChI is InChI=1S/C18H20FN5O/c1-2-3-4-9-21-15-14-10-13(11-5-7-12(19)8-6-11)17(25)22-16(14)24-18(20)23-15/h5-8,10H,2-4,9H2,1H3,(H4,20,21,22,23,24,25). The molecule has 25 heavy (non-hydrogen) atoms. The predicted octanol–water partition coefficient (Wildman–Crippen LogP) is 3.31. The first-order valence-electron chi connectivity index (χ1n) is 8.29. The van der Waals surface area contributed by atoms with Crippen molar-refractivity contribution >= 4 is 22.8 Å². The molecule has 6 nitrogen and oxygen atoms in total. The lowest BCUT2D eigenvalue weighted by atomic mass is 10.1. The molecule has 0 radical (unpaired) electrons. The van der Waals surface area contributed by atoms with E-state index in [-0.39, 0.29) is 17.3 Å². The van der Waals surface area contributed by atoms with Crippen molar-refractivity contribution < 1.29 is 4.39 Å². The number of benzene rings is 1. The van der Waals surface area contributed by atoms with Gasteiger partial charge >= 0.3 is 0 Å². The molecule has 7 heteroatoms. The predicted molar refractivity (Wildman–Crippen MR) is 98.0 cm³/mol. The third-order valence-corrected chi connectivity index (χ3v) is 3.96. The zero-order chi connectivity index (χ0) is 17.8. The number of nitrogens with zero attached hydrogens (tertiary/aromatic N) is 2. The molecule has 3 rings (SSSR count). The van der Waals surface area contributed by atoms with Crippen molar-refractivity contribution in [3.05, 3.63) is 46.5 Å². The van der Waals surface area contributed by atoms with E-state index in [1.165, 1.54) is 12.1 Å². The van der Waals surface area contributed by atoms with Crippen molar-refractivity contribution in [1.29, 1.82) is 0 Å². The molecule has 2 aromatic heterocycles. The van der Waals surface area contributed by atoms with Crippen LogP contribution in [0.1, 0.15) is 26.2 Å². The molecule has 130 valence electrons. The summed E-state index contributed by atoms with van der Waals surface area (Å²) in [6.07, 6.45) is 3.25. The fourth-order valence-corrected chi connectivity index (χ4v) is 2.66. The van der Waals surface area contributed by atoms with Crippen LogP contribution in [0.3, 0.4) is 0 Å².